The minimum absolute atomic E-state index is 0.00190. The second kappa shape index (κ2) is 5.14. The van der Waals surface area contributed by atoms with Crippen LogP contribution >= 0.6 is 15.9 Å². The summed E-state index contributed by atoms with van der Waals surface area (Å²) in [6, 6.07) is 5.31. The van der Waals surface area contributed by atoms with Crippen LogP contribution < -0.4 is 10.7 Å². The van der Waals surface area contributed by atoms with Gasteiger partial charge in [-0.25, -0.2) is 4.39 Å². The van der Waals surface area contributed by atoms with E-state index < -0.39 is 11.7 Å². The van der Waals surface area contributed by atoms with E-state index in [9.17, 15) is 14.0 Å². The average Bonchev–Trinajstić information content (AvgIpc) is 2.34. The number of aromatic nitrogens is 1. The number of anilines is 1. The van der Waals surface area contributed by atoms with Crippen LogP contribution in [0, 0.1) is 5.82 Å². The maximum Gasteiger partial charge on any atom is 0.261 e. The van der Waals surface area contributed by atoms with Crippen molar-refractivity contribution >= 4 is 27.5 Å². The number of carbonyl (C=O) groups excluding carboxylic acids is 1. The Hall–Kier alpha value is -1.95. The van der Waals surface area contributed by atoms with Gasteiger partial charge in [-0.1, -0.05) is 0 Å². The van der Waals surface area contributed by atoms with Gasteiger partial charge in [-0.05, 0) is 34.1 Å². The molecule has 1 heterocycles. The van der Waals surface area contributed by atoms with Gasteiger partial charge < -0.3 is 10.3 Å². The second-order valence-electron chi connectivity index (χ2n) is 3.51. The molecule has 1 aromatic carbocycles. The summed E-state index contributed by atoms with van der Waals surface area (Å²) in [4.78, 5) is 25.9. The van der Waals surface area contributed by atoms with Crippen LogP contribution in [0.5, 0.6) is 0 Å². The number of benzene rings is 1. The van der Waals surface area contributed by atoms with Crippen LogP contribution in [0.3, 0.4) is 0 Å². The van der Waals surface area contributed by atoms with Gasteiger partial charge in [0.05, 0.1) is 4.47 Å². The van der Waals surface area contributed by atoms with Crippen LogP contribution in [-0.4, -0.2) is 10.9 Å². The third-order valence-electron chi connectivity index (χ3n) is 2.25. The molecular formula is C12H8BrFN2O2. The van der Waals surface area contributed by atoms with Gasteiger partial charge in [0, 0.05) is 24.1 Å². The number of nitrogens with one attached hydrogen (secondary N) is 2. The topological polar surface area (TPSA) is 62.0 Å². The molecule has 0 saturated carbocycles. The van der Waals surface area contributed by atoms with E-state index in [1.165, 1.54) is 36.7 Å². The van der Waals surface area contributed by atoms with E-state index in [1.807, 2.05) is 0 Å². The van der Waals surface area contributed by atoms with E-state index in [2.05, 4.69) is 26.2 Å². The summed E-state index contributed by atoms with van der Waals surface area (Å²) in [7, 11) is 0. The van der Waals surface area contributed by atoms with Crippen LogP contribution in [0.2, 0.25) is 0 Å². The van der Waals surface area contributed by atoms with Crippen molar-refractivity contribution in [3.8, 4) is 0 Å². The number of H-pyrrole nitrogens is 1. The maximum atomic E-state index is 13.0. The van der Waals surface area contributed by atoms with E-state index in [0.29, 0.717) is 5.69 Å². The molecule has 0 atom stereocenters. The van der Waals surface area contributed by atoms with Crippen molar-refractivity contribution in [2.75, 3.05) is 5.32 Å². The smallest absolute Gasteiger partial charge is 0.261 e. The van der Waals surface area contributed by atoms with E-state index in [4.69, 9.17) is 0 Å². The minimum atomic E-state index is -0.546. The zero-order chi connectivity index (χ0) is 13.1. The molecule has 0 aliphatic carbocycles. The number of halogens is 2. The highest BCUT2D eigenvalue weighted by molar-refractivity contribution is 9.10. The molecule has 0 aliphatic heterocycles. The van der Waals surface area contributed by atoms with Gasteiger partial charge in [-0.3, -0.25) is 9.59 Å². The summed E-state index contributed by atoms with van der Waals surface area (Å²) in [5.41, 5.74) is 0.0157. The summed E-state index contributed by atoms with van der Waals surface area (Å²) in [6.07, 6.45) is 2.75. The Kier molecular flexibility index (Phi) is 3.57. The zero-order valence-electron chi connectivity index (χ0n) is 9.04. The van der Waals surface area contributed by atoms with Gasteiger partial charge >= 0.3 is 0 Å². The number of hydrogen-bond acceptors (Lipinski definition) is 2. The van der Waals surface area contributed by atoms with Crippen molar-refractivity contribution in [2.45, 2.75) is 0 Å². The van der Waals surface area contributed by atoms with Crippen molar-refractivity contribution in [3.05, 3.63) is 62.7 Å². The molecule has 4 nitrogen and oxygen atoms in total. The minimum Gasteiger partial charge on any atom is -0.367 e. The Labute approximate surface area is 110 Å². The third kappa shape index (κ3) is 2.65. The monoisotopic (exact) mass is 310 g/mol. The molecule has 18 heavy (non-hydrogen) atoms. The molecule has 0 bridgehead atoms. The Morgan fingerprint density at radius 1 is 1.33 bits per heavy atom. The predicted octanol–water partition coefficient (Wildman–Crippen LogP) is 2.53. The van der Waals surface area contributed by atoms with Crippen LogP contribution in [0.15, 0.2) is 45.9 Å². The SMILES string of the molecule is O=C(Nc1ccc(F)c(Br)c1)c1c[nH]ccc1=O. The number of pyridine rings is 1. The lowest BCUT2D eigenvalue weighted by atomic mass is 10.2. The normalized spacial score (nSPS) is 10.1. The number of rotatable bonds is 2. The Morgan fingerprint density at radius 3 is 2.78 bits per heavy atom. The Bertz CT molecular complexity index is 655. The molecule has 0 fully saturated rings. The molecule has 0 radical (unpaired) electrons. The number of carbonyl (C=O) groups is 1. The fourth-order valence-electron chi connectivity index (χ4n) is 1.37. The third-order valence-corrected chi connectivity index (χ3v) is 2.85. The van der Waals surface area contributed by atoms with Gasteiger partial charge in [-0.2, -0.15) is 0 Å². The lowest BCUT2D eigenvalue weighted by Crippen LogP contribution is -2.20. The van der Waals surface area contributed by atoms with Crippen molar-refractivity contribution in [2.24, 2.45) is 0 Å². The van der Waals surface area contributed by atoms with E-state index in [0.717, 1.165) is 0 Å². The van der Waals surface area contributed by atoms with Crippen molar-refractivity contribution < 1.29 is 9.18 Å². The zero-order valence-corrected chi connectivity index (χ0v) is 10.6. The van der Waals surface area contributed by atoms with E-state index in [-0.39, 0.29) is 15.5 Å². The summed E-state index contributed by atoms with van der Waals surface area (Å²) < 4.78 is 13.2. The Morgan fingerprint density at radius 2 is 2.11 bits per heavy atom. The summed E-state index contributed by atoms with van der Waals surface area (Å²) >= 11 is 3.01. The first-order chi connectivity index (χ1) is 8.58. The molecule has 2 N–H and O–H groups in total. The van der Waals surface area contributed by atoms with E-state index in [1.54, 1.807) is 0 Å². The molecule has 92 valence electrons. The highest BCUT2D eigenvalue weighted by Crippen LogP contribution is 2.20. The van der Waals surface area contributed by atoms with Crippen molar-refractivity contribution in [1.29, 1.82) is 0 Å². The van der Waals surface area contributed by atoms with Crippen LogP contribution in [0.25, 0.3) is 0 Å². The van der Waals surface area contributed by atoms with Gasteiger partial charge in [-0.15, -0.1) is 0 Å². The summed E-state index contributed by atoms with van der Waals surface area (Å²) in [5.74, 6) is -0.971. The average molecular weight is 311 g/mol. The number of aromatic amines is 1. The highest BCUT2D eigenvalue weighted by atomic mass is 79.9. The summed E-state index contributed by atoms with van der Waals surface area (Å²) in [6.45, 7) is 0. The summed E-state index contributed by atoms with van der Waals surface area (Å²) in [5, 5.41) is 2.51. The fraction of sp³-hybridized carbons (Fsp3) is 0. The largest absolute Gasteiger partial charge is 0.367 e. The standard InChI is InChI=1S/C12H8BrFN2O2/c13-9-5-7(1-2-10(9)14)16-12(18)8-6-15-4-3-11(8)17/h1-6H,(H,15,17)(H,16,18). The quantitative estimate of drug-likeness (QED) is 0.895. The van der Waals surface area contributed by atoms with Gasteiger partial charge in [0.25, 0.3) is 5.91 Å². The molecule has 2 rings (SSSR count). The van der Waals surface area contributed by atoms with Crippen LogP contribution in [-0.2, 0) is 0 Å². The predicted molar refractivity (Wildman–Crippen MR) is 69.1 cm³/mol. The molecule has 1 amide bonds. The molecule has 0 spiro atoms. The molecule has 6 heteroatoms. The molecule has 0 unspecified atom stereocenters. The molecule has 2 aromatic rings. The fourth-order valence-corrected chi connectivity index (χ4v) is 1.74. The highest BCUT2D eigenvalue weighted by Gasteiger charge is 2.10. The van der Waals surface area contributed by atoms with Crippen molar-refractivity contribution in [3.63, 3.8) is 0 Å². The van der Waals surface area contributed by atoms with E-state index >= 15 is 0 Å². The molecule has 0 saturated heterocycles. The first-order valence-corrected chi connectivity index (χ1v) is 5.81. The first-order valence-electron chi connectivity index (χ1n) is 5.01. The lowest BCUT2D eigenvalue weighted by molar-refractivity contribution is 0.102. The number of hydrogen-bond donors (Lipinski definition) is 2. The second-order valence-corrected chi connectivity index (χ2v) is 4.36. The molecule has 1 aromatic heterocycles. The van der Waals surface area contributed by atoms with Crippen LogP contribution in [0.1, 0.15) is 10.4 Å². The van der Waals surface area contributed by atoms with Gasteiger partial charge in [0.2, 0.25) is 0 Å². The lowest BCUT2D eigenvalue weighted by Gasteiger charge is -2.05. The van der Waals surface area contributed by atoms with Gasteiger partial charge in [0.15, 0.2) is 5.43 Å². The van der Waals surface area contributed by atoms with Gasteiger partial charge in [0.1, 0.15) is 11.4 Å². The molecule has 0 aliphatic rings. The van der Waals surface area contributed by atoms with Crippen molar-refractivity contribution in [1.82, 2.24) is 4.98 Å². The first kappa shape index (κ1) is 12.5. The number of amides is 1. The van der Waals surface area contributed by atoms with Crippen LogP contribution in [0.4, 0.5) is 10.1 Å². The molecular weight excluding hydrogens is 303 g/mol. The Balaban J connectivity index is 2.24. The maximum absolute atomic E-state index is 13.0.